The number of hydrogen-bond donors (Lipinski definition) is 2. The summed E-state index contributed by atoms with van der Waals surface area (Å²) in [5, 5.41) is 8.50. The molecule has 0 fully saturated rings. The van der Waals surface area contributed by atoms with Gasteiger partial charge in [0.05, 0.1) is 11.0 Å². The van der Waals surface area contributed by atoms with E-state index in [1.807, 2.05) is 6.92 Å². The molecule has 0 spiro atoms. The largest absolute Gasteiger partial charge is 0.449 e. The van der Waals surface area contributed by atoms with E-state index in [-0.39, 0.29) is 12.1 Å². The number of carbonyl (C=O) groups excluding carboxylic acids is 1. The van der Waals surface area contributed by atoms with E-state index in [1.165, 1.54) is 22.2 Å². The summed E-state index contributed by atoms with van der Waals surface area (Å²) in [6.45, 7) is 6.38. The molecule has 154 valence electrons. The molecule has 0 atom stereocenters. The Labute approximate surface area is 161 Å². The maximum absolute atomic E-state index is 13.5. The van der Waals surface area contributed by atoms with Gasteiger partial charge in [0.2, 0.25) is 5.82 Å². The average Bonchev–Trinajstić information content (AvgIpc) is 3.04. The number of rotatable bonds is 9. The van der Waals surface area contributed by atoms with E-state index in [2.05, 4.69) is 16.8 Å². The summed E-state index contributed by atoms with van der Waals surface area (Å²) in [4.78, 5) is 17.0. The molecule has 0 aliphatic heterocycles. The number of amides is 1. The number of nitrogens with one attached hydrogen (secondary N) is 1. The van der Waals surface area contributed by atoms with E-state index in [0.717, 1.165) is 32.0 Å². The highest BCUT2D eigenvalue weighted by Gasteiger charge is 2.37. The number of carbonyl (C=O) groups is 1. The molecule has 1 aromatic heterocycles. The molecule has 2 rings (SSSR count). The molecule has 1 aromatic carbocycles. The lowest BCUT2D eigenvalue weighted by Crippen LogP contribution is -2.29. The fourth-order valence-electron chi connectivity index (χ4n) is 2.95. The summed E-state index contributed by atoms with van der Waals surface area (Å²) in [5.41, 5.74) is 2.56. The van der Waals surface area contributed by atoms with Crippen molar-refractivity contribution in [1.82, 2.24) is 19.9 Å². The highest BCUT2D eigenvalue weighted by atomic mass is 19.4. The number of likely N-dealkylation sites (N-methyl/N-ethyl adjacent to an activating group) is 1. The number of halogens is 3. The third kappa shape index (κ3) is 5.56. The Bertz CT molecular complexity index is 830. The monoisotopic (exact) mass is 398 g/mol. The number of alkyl halides is 3. The Balaban J connectivity index is 2.34. The molecule has 0 unspecified atom stereocenters. The quantitative estimate of drug-likeness (QED) is 0.384. The first-order valence-corrected chi connectivity index (χ1v) is 9.22. The van der Waals surface area contributed by atoms with Crippen LogP contribution < -0.4 is 5.48 Å². The molecule has 0 bridgehead atoms. The van der Waals surface area contributed by atoms with Crippen molar-refractivity contribution in [3.63, 3.8) is 0 Å². The van der Waals surface area contributed by atoms with Gasteiger partial charge in [-0.3, -0.25) is 10.0 Å². The molecule has 2 N–H and O–H groups in total. The molecule has 0 radical (unpaired) electrons. The zero-order chi connectivity index (χ0) is 20.7. The van der Waals surface area contributed by atoms with Crippen LogP contribution in [0.15, 0.2) is 24.3 Å². The minimum absolute atomic E-state index is 0.186. The van der Waals surface area contributed by atoms with Crippen molar-refractivity contribution < 1.29 is 23.2 Å². The molecule has 1 heterocycles. The number of fused-ring (bicyclic) bond motifs is 1. The second-order valence-electron chi connectivity index (χ2n) is 6.43. The highest BCUT2D eigenvalue weighted by molar-refractivity contribution is 5.91. The van der Waals surface area contributed by atoms with Gasteiger partial charge in [-0.05, 0) is 43.3 Å². The lowest BCUT2D eigenvalue weighted by Gasteiger charge is -2.21. The molecule has 28 heavy (non-hydrogen) atoms. The predicted octanol–water partition coefficient (Wildman–Crippen LogP) is 3.70. The zero-order valence-corrected chi connectivity index (χ0v) is 16.0. The first-order valence-electron chi connectivity index (χ1n) is 9.22. The molecule has 0 saturated heterocycles. The molecule has 2 aromatic rings. The van der Waals surface area contributed by atoms with Gasteiger partial charge in [-0.15, -0.1) is 0 Å². The van der Waals surface area contributed by atoms with Gasteiger partial charge in [-0.1, -0.05) is 26.3 Å². The predicted molar refractivity (Wildman–Crippen MR) is 101 cm³/mol. The number of hydroxylamine groups is 1. The van der Waals surface area contributed by atoms with Crippen LogP contribution in [0.5, 0.6) is 0 Å². The van der Waals surface area contributed by atoms with Crippen LogP contribution >= 0.6 is 0 Å². The third-order valence-corrected chi connectivity index (χ3v) is 4.48. The first-order chi connectivity index (χ1) is 13.3. The van der Waals surface area contributed by atoms with Crippen LogP contribution in [-0.2, 0) is 17.5 Å². The lowest BCUT2D eigenvalue weighted by atomic mass is 10.2. The molecule has 0 saturated carbocycles. The van der Waals surface area contributed by atoms with Gasteiger partial charge in [0.15, 0.2) is 0 Å². The fraction of sp³-hybridized carbons (Fsp3) is 0.474. The summed E-state index contributed by atoms with van der Waals surface area (Å²) < 4.78 is 41.7. The van der Waals surface area contributed by atoms with Crippen LogP contribution in [-0.4, -0.2) is 45.2 Å². The second-order valence-corrected chi connectivity index (χ2v) is 6.43. The molecular weight excluding hydrogens is 373 g/mol. The van der Waals surface area contributed by atoms with E-state index in [9.17, 15) is 18.0 Å². The van der Waals surface area contributed by atoms with Gasteiger partial charge in [0.25, 0.3) is 5.91 Å². The van der Waals surface area contributed by atoms with Crippen molar-refractivity contribution in [2.45, 2.75) is 39.4 Å². The van der Waals surface area contributed by atoms with Crippen molar-refractivity contribution in [3.8, 4) is 0 Å². The Hall–Kier alpha value is -2.39. The van der Waals surface area contributed by atoms with Crippen molar-refractivity contribution >= 4 is 23.0 Å². The topological polar surface area (TPSA) is 70.4 Å². The fourth-order valence-corrected chi connectivity index (χ4v) is 2.95. The highest BCUT2D eigenvalue weighted by Crippen LogP contribution is 2.32. The van der Waals surface area contributed by atoms with Crippen LogP contribution in [0.2, 0.25) is 0 Å². The van der Waals surface area contributed by atoms with Crippen LogP contribution in [0.4, 0.5) is 13.2 Å². The van der Waals surface area contributed by atoms with Crippen LogP contribution in [0.3, 0.4) is 0 Å². The van der Waals surface area contributed by atoms with E-state index < -0.39 is 17.9 Å². The Morgan fingerprint density at radius 2 is 2.07 bits per heavy atom. The summed E-state index contributed by atoms with van der Waals surface area (Å²) in [5.74, 6) is -1.66. The second kappa shape index (κ2) is 9.70. The van der Waals surface area contributed by atoms with Gasteiger partial charge in [-0.25, -0.2) is 10.5 Å². The van der Waals surface area contributed by atoms with Crippen molar-refractivity contribution in [2.24, 2.45) is 0 Å². The van der Waals surface area contributed by atoms with Gasteiger partial charge in [0, 0.05) is 19.2 Å². The van der Waals surface area contributed by atoms with Gasteiger partial charge < -0.3 is 9.47 Å². The van der Waals surface area contributed by atoms with Crippen LogP contribution in [0, 0.1) is 0 Å². The zero-order valence-electron chi connectivity index (χ0n) is 16.0. The van der Waals surface area contributed by atoms with E-state index in [1.54, 1.807) is 12.1 Å². The standard InChI is InChI=1S/C19H25F3N4O2/c1-3-5-10-25(4-2)11-12-26-16-8-6-14(7-9-17(27)24-28)13-15(16)23-18(26)19(20,21)22/h6-9,13,28H,3-5,10-12H2,1-2H3,(H,24,27)/b9-7+. The SMILES string of the molecule is CCCCN(CC)CCn1c(C(F)(F)F)nc2cc(/C=C/C(=O)NO)ccc21. The van der Waals surface area contributed by atoms with Crippen LogP contribution in [0.25, 0.3) is 17.1 Å². The van der Waals surface area contributed by atoms with E-state index in [0.29, 0.717) is 17.6 Å². The normalized spacial score (nSPS) is 12.4. The minimum Gasteiger partial charge on any atom is -0.319 e. The van der Waals surface area contributed by atoms with Crippen molar-refractivity contribution in [3.05, 3.63) is 35.7 Å². The first kappa shape index (κ1) is 21.9. The minimum atomic E-state index is -4.56. The van der Waals surface area contributed by atoms with Gasteiger partial charge >= 0.3 is 6.18 Å². The molecule has 9 heteroatoms. The Morgan fingerprint density at radius 3 is 2.68 bits per heavy atom. The number of hydrogen-bond acceptors (Lipinski definition) is 4. The summed E-state index contributed by atoms with van der Waals surface area (Å²) >= 11 is 0. The lowest BCUT2D eigenvalue weighted by molar-refractivity contribution is -0.147. The van der Waals surface area contributed by atoms with Crippen LogP contribution in [0.1, 0.15) is 38.1 Å². The molecular formula is C19H25F3N4O2. The Kier molecular flexibility index (Phi) is 7.59. The summed E-state index contributed by atoms with van der Waals surface area (Å²) in [6.07, 6.45) is -0.0621. The number of unbranched alkanes of at least 4 members (excludes halogenated alkanes) is 1. The molecule has 0 aliphatic rings. The average molecular weight is 398 g/mol. The van der Waals surface area contributed by atoms with Crippen molar-refractivity contribution in [1.29, 1.82) is 0 Å². The van der Waals surface area contributed by atoms with E-state index in [4.69, 9.17) is 5.21 Å². The summed E-state index contributed by atoms with van der Waals surface area (Å²) in [6, 6.07) is 4.66. The number of nitrogens with zero attached hydrogens (tertiary/aromatic N) is 3. The number of imidazole rings is 1. The Morgan fingerprint density at radius 1 is 1.32 bits per heavy atom. The maximum Gasteiger partial charge on any atom is 0.449 e. The molecule has 1 amide bonds. The van der Waals surface area contributed by atoms with Gasteiger partial charge in [-0.2, -0.15) is 13.2 Å². The smallest absolute Gasteiger partial charge is 0.319 e. The third-order valence-electron chi connectivity index (χ3n) is 4.48. The van der Waals surface area contributed by atoms with Crippen molar-refractivity contribution in [2.75, 3.05) is 19.6 Å². The van der Waals surface area contributed by atoms with E-state index >= 15 is 0 Å². The maximum atomic E-state index is 13.5. The summed E-state index contributed by atoms with van der Waals surface area (Å²) in [7, 11) is 0. The number of aromatic nitrogens is 2. The molecule has 6 nitrogen and oxygen atoms in total. The van der Waals surface area contributed by atoms with Gasteiger partial charge in [0.1, 0.15) is 0 Å². The molecule has 0 aliphatic carbocycles. The number of benzene rings is 1.